The highest BCUT2D eigenvalue weighted by atomic mass is 19.1. The van der Waals surface area contributed by atoms with Gasteiger partial charge < -0.3 is 5.11 Å². The molecule has 2 nitrogen and oxygen atoms in total. The second kappa shape index (κ2) is 9.45. The fourth-order valence-corrected chi connectivity index (χ4v) is 5.27. The first-order chi connectivity index (χ1) is 16.5. The predicted molar refractivity (Wildman–Crippen MR) is 142 cm³/mol. The fourth-order valence-electron chi connectivity index (χ4n) is 5.27. The second-order valence-electron chi connectivity index (χ2n) is 11.2. The van der Waals surface area contributed by atoms with E-state index in [1.807, 2.05) is 31.2 Å². The van der Waals surface area contributed by atoms with Gasteiger partial charge in [-0.3, -0.25) is 0 Å². The largest absolute Gasteiger partial charge is 0.478 e. The number of aromatic carboxylic acids is 1. The molecule has 1 unspecified atom stereocenters. The van der Waals surface area contributed by atoms with Gasteiger partial charge in [-0.2, -0.15) is 0 Å². The van der Waals surface area contributed by atoms with Crippen LogP contribution >= 0.6 is 0 Å². The van der Waals surface area contributed by atoms with Gasteiger partial charge in [0.1, 0.15) is 5.82 Å². The van der Waals surface area contributed by atoms with E-state index in [1.54, 1.807) is 6.07 Å². The van der Waals surface area contributed by atoms with Gasteiger partial charge in [0.05, 0.1) is 5.56 Å². The highest BCUT2D eigenvalue weighted by Crippen LogP contribution is 2.46. The quantitative estimate of drug-likeness (QED) is 0.394. The first-order valence-electron chi connectivity index (χ1n) is 12.4. The standard InChI is InChI=1S/C32H35FO2/c1-21-18-22(9-14-27(21)30(34)35)6-10-24(19-23-7-12-26(33)13-8-23)25-11-15-28-29(20-25)32(4,5)17-16-31(28,2)3/h6-15,18,20,24H,16-17,19H2,1-5H3,(H,34,35). The molecule has 3 aromatic rings. The molecular formula is C32H35FO2. The van der Waals surface area contributed by atoms with E-state index in [1.165, 1.54) is 35.2 Å². The number of rotatable bonds is 6. The first kappa shape index (κ1) is 24.9. The summed E-state index contributed by atoms with van der Waals surface area (Å²) in [5.74, 6) is -1.04. The Morgan fingerprint density at radius 3 is 2.23 bits per heavy atom. The van der Waals surface area contributed by atoms with E-state index in [0.717, 1.165) is 29.5 Å². The van der Waals surface area contributed by atoms with Gasteiger partial charge in [0, 0.05) is 5.92 Å². The van der Waals surface area contributed by atoms with Gasteiger partial charge in [-0.15, -0.1) is 0 Å². The summed E-state index contributed by atoms with van der Waals surface area (Å²) in [4.78, 5) is 11.4. The summed E-state index contributed by atoms with van der Waals surface area (Å²) in [6.45, 7) is 11.2. The number of hydrogen-bond donors (Lipinski definition) is 1. The van der Waals surface area contributed by atoms with Crippen molar-refractivity contribution in [3.05, 3.63) is 112 Å². The van der Waals surface area contributed by atoms with E-state index in [-0.39, 0.29) is 22.6 Å². The third-order valence-electron chi connectivity index (χ3n) is 7.68. The van der Waals surface area contributed by atoms with Crippen LogP contribution in [0.1, 0.15) is 90.2 Å². The van der Waals surface area contributed by atoms with Crippen LogP contribution < -0.4 is 0 Å². The number of aryl methyl sites for hydroxylation is 1. The molecule has 1 aliphatic rings. The van der Waals surface area contributed by atoms with E-state index in [9.17, 15) is 14.3 Å². The molecule has 3 heteroatoms. The molecule has 0 aliphatic heterocycles. The fraction of sp³-hybridized carbons (Fsp3) is 0.344. The zero-order chi connectivity index (χ0) is 25.4. The molecule has 0 fully saturated rings. The number of halogens is 1. The van der Waals surface area contributed by atoms with Crippen LogP contribution in [0.5, 0.6) is 0 Å². The topological polar surface area (TPSA) is 37.3 Å². The predicted octanol–water partition coefficient (Wildman–Crippen LogP) is 8.22. The van der Waals surface area contributed by atoms with Crippen molar-refractivity contribution >= 4 is 12.0 Å². The molecule has 1 atom stereocenters. The summed E-state index contributed by atoms with van der Waals surface area (Å²) in [6, 6.07) is 19.1. The van der Waals surface area contributed by atoms with Crippen LogP contribution in [-0.2, 0) is 17.3 Å². The summed E-state index contributed by atoms with van der Waals surface area (Å²) < 4.78 is 13.5. The van der Waals surface area contributed by atoms with Crippen LogP contribution in [0.2, 0.25) is 0 Å². The van der Waals surface area contributed by atoms with Crippen LogP contribution in [0.4, 0.5) is 4.39 Å². The third kappa shape index (κ3) is 5.40. The number of carboxylic acids is 1. The smallest absolute Gasteiger partial charge is 0.335 e. The van der Waals surface area contributed by atoms with Crippen molar-refractivity contribution in [3.63, 3.8) is 0 Å². The van der Waals surface area contributed by atoms with Gasteiger partial charge in [0.15, 0.2) is 0 Å². The Morgan fingerprint density at radius 2 is 1.60 bits per heavy atom. The number of carboxylic acid groups (broad SMARTS) is 1. The maximum atomic E-state index is 13.5. The van der Waals surface area contributed by atoms with Gasteiger partial charge in [-0.05, 0) is 88.6 Å². The average molecular weight is 471 g/mol. The molecule has 3 aromatic carbocycles. The Bertz CT molecular complexity index is 1270. The minimum absolute atomic E-state index is 0.103. The minimum Gasteiger partial charge on any atom is -0.478 e. The lowest BCUT2D eigenvalue weighted by Gasteiger charge is -2.42. The normalized spacial score (nSPS) is 17.2. The SMILES string of the molecule is Cc1cc(C=CC(Cc2ccc(F)cc2)c2ccc3c(c2)C(C)(C)CCC3(C)C)ccc1C(=O)O. The molecule has 0 spiro atoms. The number of benzene rings is 3. The zero-order valence-corrected chi connectivity index (χ0v) is 21.4. The Labute approximate surface area is 208 Å². The molecule has 0 saturated heterocycles. The van der Waals surface area contributed by atoms with Gasteiger partial charge in [0.25, 0.3) is 0 Å². The Kier molecular flexibility index (Phi) is 6.73. The maximum absolute atomic E-state index is 13.5. The van der Waals surface area contributed by atoms with Crippen LogP contribution in [0, 0.1) is 12.7 Å². The molecule has 0 aromatic heterocycles. The van der Waals surface area contributed by atoms with E-state index < -0.39 is 5.97 Å². The Hall–Kier alpha value is -3.20. The Morgan fingerprint density at radius 1 is 0.943 bits per heavy atom. The average Bonchev–Trinajstić information content (AvgIpc) is 2.80. The number of fused-ring (bicyclic) bond motifs is 1. The van der Waals surface area contributed by atoms with Crippen LogP contribution in [0.3, 0.4) is 0 Å². The van der Waals surface area contributed by atoms with E-state index in [2.05, 4.69) is 58.0 Å². The highest BCUT2D eigenvalue weighted by Gasteiger charge is 2.37. The molecule has 4 rings (SSSR count). The molecule has 1 N–H and O–H groups in total. The molecule has 182 valence electrons. The summed E-state index contributed by atoms with van der Waals surface area (Å²) in [5.41, 5.74) is 7.49. The summed E-state index contributed by atoms with van der Waals surface area (Å²) in [6.07, 6.45) is 7.36. The van der Waals surface area contributed by atoms with Crippen molar-refractivity contribution in [1.82, 2.24) is 0 Å². The lowest BCUT2D eigenvalue weighted by molar-refractivity contribution is 0.0696. The minimum atomic E-state index is -0.910. The van der Waals surface area contributed by atoms with E-state index in [0.29, 0.717) is 5.56 Å². The first-order valence-corrected chi connectivity index (χ1v) is 12.4. The van der Waals surface area contributed by atoms with Crippen molar-refractivity contribution in [3.8, 4) is 0 Å². The molecule has 0 heterocycles. The number of carbonyl (C=O) groups is 1. The molecule has 0 amide bonds. The van der Waals surface area contributed by atoms with Crippen LogP contribution in [0.15, 0.2) is 66.7 Å². The van der Waals surface area contributed by atoms with Crippen molar-refractivity contribution in [2.24, 2.45) is 0 Å². The third-order valence-corrected chi connectivity index (χ3v) is 7.68. The molecule has 35 heavy (non-hydrogen) atoms. The van der Waals surface area contributed by atoms with Crippen molar-refractivity contribution < 1.29 is 14.3 Å². The lowest BCUT2D eigenvalue weighted by atomic mass is 9.62. The second-order valence-corrected chi connectivity index (χ2v) is 11.2. The van der Waals surface area contributed by atoms with Crippen molar-refractivity contribution in [2.75, 3.05) is 0 Å². The number of hydrogen-bond acceptors (Lipinski definition) is 1. The van der Waals surface area contributed by atoms with Gasteiger partial charge in [0.2, 0.25) is 0 Å². The van der Waals surface area contributed by atoms with Gasteiger partial charge >= 0.3 is 5.97 Å². The monoisotopic (exact) mass is 470 g/mol. The van der Waals surface area contributed by atoms with Crippen molar-refractivity contribution in [2.45, 2.75) is 70.6 Å². The van der Waals surface area contributed by atoms with Gasteiger partial charge in [-0.1, -0.05) is 82.3 Å². The maximum Gasteiger partial charge on any atom is 0.335 e. The zero-order valence-electron chi connectivity index (χ0n) is 21.4. The van der Waals surface area contributed by atoms with E-state index in [4.69, 9.17) is 0 Å². The summed E-state index contributed by atoms with van der Waals surface area (Å²) in [5, 5.41) is 9.34. The van der Waals surface area contributed by atoms with Crippen LogP contribution in [-0.4, -0.2) is 11.1 Å². The van der Waals surface area contributed by atoms with Crippen LogP contribution in [0.25, 0.3) is 6.08 Å². The lowest BCUT2D eigenvalue weighted by Crippen LogP contribution is -2.34. The molecule has 0 saturated carbocycles. The number of allylic oxidation sites excluding steroid dienone is 1. The summed E-state index contributed by atoms with van der Waals surface area (Å²) >= 11 is 0. The van der Waals surface area contributed by atoms with Crippen molar-refractivity contribution in [1.29, 1.82) is 0 Å². The molecule has 1 aliphatic carbocycles. The molecule has 0 radical (unpaired) electrons. The van der Waals surface area contributed by atoms with E-state index >= 15 is 0 Å². The molecular weight excluding hydrogens is 435 g/mol. The highest BCUT2D eigenvalue weighted by molar-refractivity contribution is 5.89. The van der Waals surface area contributed by atoms with Gasteiger partial charge in [-0.25, -0.2) is 9.18 Å². The summed E-state index contributed by atoms with van der Waals surface area (Å²) in [7, 11) is 0. The Balaban J connectivity index is 1.74. The molecule has 0 bridgehead atoms.